The maximum atomic E-state index is 11.6. The van der Waals surface area contributed by atoms with Gasteiger partial charge in [0.25, 0.3) is 11.7 Å². The highest BCUT2D eigenvalue weighted by atomic mass is 16.5. The van der Waals surface area contributed by atoms with E-state index in [0.717, 1.165) is 38.2 Å². The summed E-state index contributed by atoms with van der Waals surface area (Å²) in [4.78, 5) is 25.2. The molecule has 106 valence electrons. The first-order valence-corrected chi connectivity index (χ1v) is 7.05. The minimum Gasteiger partial charge on any atom is -0.378 e. The van der Waals surface area contributed by atoms with Gasteiger partial charge in [-0.3, -0.25) is 9.59 Å². The van der Waals surface area contributed by atoms with Gasteiger partial charge in [0.15, 0.2) is 0 Å². The van der Waals surface area contributed by atoms with Crippen molar-refractivity contribution in [2.45, 2.75) is 25.9 Å². The van der Waals surface area contributed by atoms with Crippen LogP contribution >= 0.6 is 0 Å². The average Bonchev–Trinajstić information content (AvgIpc) is 2.75. The van der Waals surface area contributed by atoms with Crippen LogP contribution in [0.4, 0.5) is 11.4 Å². The van der Waals surface area contributed by atoms with Crippen molar-refractivity contribution in [3.8, 4) is 0 Å². The van der Waals surface area contributed by atoms with Gasteiger partial charge >= 0.3 is 0 Å². The minimum absolute atomic E-state index is 0.354. The van der Waals surface area contributed by atoms with Crippen LogP contribution in [-0.4, -0.2) is 37.5 Å². The minimum atomic E-state index is -0.535. The third-order valence-corrected chi connectivity index (χ3v) is 3.91. The number of carbonyl (C=O) groups excluding carboxylic acids is 2. The number of carbonyl (C=O) groups is 2. The average molecular weight is 274 g/mol. The van der Waals surface area contributed by atoms with Crippen molar-refractivity contribution >= 4 is 23.1 Å². The quantitative estimate of drug-likeness (QED) is 0.854. The lowest BCUT2D eigenvalue weighted by molar-refractivity contribution is -0.112. The van der Waals surface area contributed by atoms with E-state index in [0.29, 0.717) is 17.4 Å². The Morgan fingerprint density at radius 3 is 2.75 bits per heavy atom. The van der Waals surface area contributed by atoms with E-state index in [-0.39, 0.29) is 0 Å². The zero-order valence-corrected chi connectivity index (χ0v) is 11.5. The van der Waals surface area contributed by atoms with Gasteiger partial charge < -0.3 is 15.0 Å². The predicted molar refractivity (Wildman–Crippen MR) is 76.3 cm³/mol. The van der Waals surface area contributed by atoms with Gasteiger partial charge in [-0.05, 0) is 38.0 Å². The number of nitrogens with one attached hydrogen (secondary N) is 1. The number of ether oxygens (including phenoxy) is 1. The van der Waals surface area contributed by atoms with E-state index in [1.54, 1.807) is 6.07 Å². The number of fused-ring (bicyclic) bond motifs is 1. The molecule has 1 N–H and O–H groups in total. The molecule has 1 aromatic rings. The smallest absolute Gasteiger partial charge is 0.296 e. The summed E-state index contributed by atoms with van der Waals surface area (Å²) >= 11 is 0. The van der Waals surface area contributed by atoms with Gasteiger partial charge in [0.1, 0.15) is 0 Å². The zero-order chi connectivity index (χ0) is 14.1. The molecule has 1 amide bonds. The molecular formula is C15H18N2O3. The zero-order valence-electron chi connectivity index (χ0n) is 11.5. The Labute approximate surface area is 117 Å². The largest absolute Gasteiger partial charge is 0.378 e. The second-order valence-corrected chi connectivity index (χ2v) is 5.15. The van der Waals surface area contributed by atoms with Crippen molar-refractivity contribution in [3.05, 3.63) is 23.8 Å². The number of amides is 1. The summed E-state index contributed by atoms with van der Waals surface area (Å²) in [6, 6.07) is 5.54. The van der Waals surface area contributed by atoms with E-state index >= 15 is 0 Å². The molecule has 0 spiro atoms. The maximum absolute atomic E-state index is 11.6. The molecule has 5 heteroatoms. The van der Waals surface area contributed by atoms with Crippen LogP contribution in [-0.2, 0) is 9.53 Å². The molecule has 0 aliphatic carbocycles. The summed E-state index contributed by atoms with van der Waals surface area (Å²) in [5.41, 5.74) is 2.15. The number of benzene rings is 1. The lowest BCUT2D eigenvalue weighted by atomic mass is 10.1. The highest BCUT2D eigenvalue weighted by molar-refractivity contribution is 6.51. The molecule has 1 fully saturated rings. The van der Waals surface area contributed by atoms with Crippen LogP contribution in [0, 0.1) is 0 Å². The molecule has 1 saturated heterocycles. The molecule has 2 aliphatic heterocycles. The Hall–Kier alpha value is -1.88. The third-order valence-electron chi connectivity index (χ3n) is 3.91. The molecule has 1 aromatic carbocycles. The molecule has 0 unspecified atom stereocenters. The van der Waals surface area contributed by atoms with Gasteiger partial charge in [0.05, 0.1) is 17.4 Å². The van der Waals surface area contributed by atoms with Crippen molar-refractivity contribution in [1.82, 2.24) is 0 Å². The van der Waals surface area contributed by atoms with Gasteiger partial charge in [-0.2, -0.15) is 0 Å². The molecule has 0 radical (unpaired) electrons. The Bertz CT molecular complexity index is 548. The van der Waals surface area contributed by atoms with Crippen molar-refractivity contribution in [1.29, 1.82) is 0 Å². The van der Waals surface area contributed by atoms with E-state index in [1.807, 2.05) is 19.1 Å². The Morgan fingerprint density at radius 1 is 1.30 bits per heavy atom. The highest BCUT2D eigenvalue weighted by Crippen LogP contribution is 2.30. The number of hydrogen-bond acceptors (Lipinski definition) is 4. The highest BCUT2D eigenvalue weighted by Gasteiger charge is 2.29. The van der Waals surface area contributed by atoms with Crippen LogP contribution < -0.4 is 10.2 Å². The lowest BCUT2D eigenvalue weighted by Crippen LogP contribution is -2.37. The first kappa shape index (κ1) is 13.1. The van der Waals surface area contributed by atoms with Crippen molar-refractivity contribution in [2.24, 2.45) is 0 Å². The lowest BCUT2D eigenvalue weighted by Gasteiger charge is -2.33. The van der Waals surface area contributed by atoms with Crippen LogP contribution in [0.5, 0.6) is 0 Å². The first-order chi connectivity index (χ1) is 9.69. The molecule has 0 atom stereocenters. The fraction of sp³-hybridized carbons (Fsp3) is 0.467. The van der Waals surface area contributed by atoms with Crippen molar-refractivity contribution in [3.63, 3.8) is 0 Å². The van der Waals surface area contributed by atoms with Crippen LogP contribution in [0.15, 0.2) is 18.2 Å². The molecule has 2 heterocycles. The number of ketones is 1. The monoisotopic (exact) mass is 274 g/mol. The fourth-order valence-electron chi connectivity index (χ4n) is 2.85. The standard InChI is InChI=1S/C15H18N2O3/c1-2-20-11-5-7-17(8-6-11)10-3-4-12-13(9-10)16-15(19)14(12)18/h3-4,9,11H,2,5-8H2,1H3,(H,16,18,19). The second kappa shape index (κ2) is 5.25. The van der Waals surface area contributed by atoms with Gasteiger partial charge in [-0.15, -0.1) is 0 Å². The number of anilines is 2. The maximum Gasteiger partial charge on any atom is 0.296 e. The number of rotatable bonds is 3. The van der Waals surface area contributed by atoms with E-state index in [1.165, 1.54) is 0 Å². The summed E-state index contributed by atoms with van der Waals surface area (Å²) in [6.07, 6.45) is 2.37. The molecule has 0 saturated carbocycles. The first-order valence-electron chi connectivity index (χ1n) is 7.05. The van der Waals surface area contributed by atoms with Crippen LogP contribution in [0.3, 0.4) is 0 Å². The van der Waals surface area contributed by atoms with Gasteiger partial charge in [0, 0.05) is 25.4 Å². The van der Waals surface area contributed by atoms with E-state index in [2.05, 4.69) is 10.2 Å². The number of nitrogens with zero attached hydrogens (tertiary/aromatic N) is 1. The molecule has 2 aliphatic rings. The normalized spacial score (nSPS) is 19.1. The molecular weight excluding hydrogens is 256 g/mol. The van der Waals surface area contributed by atoms with E-state index in [9.17, 15) is 9.59 Å². The van der Waals surface area contributed by atoms with Crippen LogP contribution in [0.1, 0.15) is 30.1 Å². The van der Waals surface area contributed by atoms with E-state index in [4.69, 9.17) is 4.74 Å². The third kappa shape index (κ3) is 2.29. The van der Waals surface area contributed by atoms with Crippen molar-refractivity contribution < 1.29 is 14.3 Å². The van der Waals surface area contributed by atoms with Crippen molar-refractivity contribution in [2.75, 3.05) is 29.9 Å². The molecule has 20 heavy (non-hydrogen) atoms. The summed E-state index contributed by atoms with van der Waals surface area (Å²) < 4.78 is 5.64. The topological polar surface area (TPSA) is 58.6 Å². The van der Waals surface area contributed by atoms with Crippen LogP contribution in [0.2, 0.25) is 0 Å². The predicted octanol–water partition coefficient (Wildman–Crippen LogP) is 1.83. The molecule has 5 nitrogen and oxygen atoms in total. The molecule has 0 aromatic heterocycles. The summed E-state index contributed by atoms with van der Waals surface area (Å²) in [5.74, 6) is -0.978. The van der Waals surface area contributed by atoms with Gasteiger partial charge in [0.2, 0.25) is 0 Å². The van der Waals surface area contributed by atoms with Gasteiger partial charge in [-0.1, -0.05) is 0 Å². The summed E-state index contributed by atoms with van der Waals surface area (Å²) in [6.45, 7) is 4.65. The Balaban J connectivity index is 1.72. The number of hydrogen-bond donors (Lipinski definition) is 1. The Kier molecular flexibility index (Phi) is 3.44. The second-order valence-electron chi connectivity index (χ2n) is 5.15. The molecule has 3 rings (SSSR count). The number of Topliss-reactive ketones (excluding diaryl/α,β-unsaturated/α-hetero) is 1. The Morgan fingerprint density at radius 2 is 2.05 bits per heavy atom. The van der Waals surface area contributed by atoms with E-state index < -0.39 is 11.7 Å². The molecule has 0 bridgehead atoms. The van der Waals surface area contributed by atoms with Gasteiger partial charge in [-0.25, -0.2) is 0 Å². The summed E-state index contributed by atoms with van der Waals surface area (Å²) in [5, 5.41) is 2.62. The summed E-state index contributed by atoms with van der Waals surface area (Å²) in [7, 11) is 0. The van der Waals surface area contributed by atoms with Crippen LogP contribution in [0.25, 0.3) is 0 Å². The fourth-order valence-corrected chi connectivity index (χ4v) is 2.85. The SMILES string of the molecule is CCOC1CCN(c2ccc3c(c2)NC(=O)C3=O)CC1. The number of piperidine rings is 1.